The second-order valence-corrected chi connectivity index (χ2v) is 5.29. The minimum atomic E-state index is 0.479. The standard InChI is InChI=1S/C15H24N2O/c1-12(2)13(3)16-14-6-4-5-7-15(14)17-8-10-18-11-9-17/h4-7,12-13,16H,8-11H2,1-3H3. The SMILES string of the molecule is CC(C)C(C)Nc1ccccc1N1CCOCC1. The van der Waals surface area contributed by atoms with Crippen LogP contribution in [-0.4, -0.2) is 32.3 Å². The molecule has 1 atom stereocenters. The van der Waals surface area contributed by atoms with E-state index >= 15 is 0 Å². The van der Waals surface area contributed by atoms with Gasteiger partial charge in [0.15, 0.2) is 0 Å². The molecular weight excluding hydrogens is 224 g/mol. The Hall–Kier alpha value is -1.22. The van der Waals surface area contributed by atoms with Gasteiger partial charge >= 0.3 is 0 Å². The molecule has 1 aromatic rings. The number of benzene rings is 1. The summed E-state index contributed by atoms with van der Waals surface area (Å²) in [7, 11) is 0. The number of hydrogen-bond donors (Lipinski definition) is 1. The van der Waals surface area contributed by atoms with Crippen LogP contribution in [0.2, 0.25) is 0 Å². The van der Waals surface area contributed by atoms with Crippen LogP contribution in [0.3, 0.4) is 0 Å². The second kappa shape index (κ2) is 6.10. The van der Waals surface area contributed by atoms with Crippen LogP contribution < -0.4 is 10.2 Å². The Bertz CT molecular complexity index is 373. The van der Waals surface area contributed by atoms with E-state index < -0.39 is 0 Å². The molecule has 100 valence electrons. The average Bonchev–Trinajstić information content (AvgIpc) is 2.40. The van der Waals surface area contributed by atoms with Crippen molar-refractivity contribution in [3.8, 4) is 0 Å². The number of ether oxygens (including phenoxy) is 1. The van der Waals surface area contributed by atoms with E-state index in [4.69, 9.17) is 4.74 Å². The van der Waals surface area contributed by atoms with Crippen molar-refractivity contribution < 1.29 is 4.74 Å². The number of anilines is 2. The molecule has 0 saturated carbocycles. The Kier molecular flexibility index (Phi) is 4.48. The maximum atomic E-state index is 5.42. The highest BCUT2D eigenvalue weighted by atomic mass is 16.5. The van der Waals surface area contributed by atoms with Gasteiger partial charge in [-0.3, -0.25) is 0 Å². The molecule has 1 saturated heterocycles. The third-order valence-electron chi connectivity index (χ3n) is 3.64. The fourth-order valence-corrected chi connectivity index (χ4v) is 2.09. The highest BCUT2D eigenvalue weighted by Gasteiger charge is 2.16. The summed E-state index contributed by atoms with van der Waals surface area (Å²) >= 11 is 0. The van der Waals surface area contributed by atoms with E-state index in [9.17, 15) is 0 Å². The van der Waals surface area contributed by atoms with E-state index in [1.54, 1.807) is 0 Å². The van der Waals surface area contributed by atoms with Gasteiger partial charge in [0.25, 0.3) is 0 Å². The lowest BCUT2D eigenvalue weighted by Crippen LogP contribution is -2.37. The third kappa shape index (κ3) is 3.16. The Morgan fingerprint density at radius 3 is 2.44 bits per heavy atom. The summed E-state index contributed by atoms with van der Waals surface area (Å²) in [5.41, 5.74) is 2.54. The Morgan fingerprint density at radius 2 is 1.78 bits per heavy atom. The second-order valence-electron chi connectivity index (χ2n) is 5.29. The lowest BCUT2D eigenvalue weighted by Gasteiger charge is -2.31. The number of hydrogen-bond acceptors (Lipinski definition) is 3. The highest BCUT2D eigenvalue weighted by Crippen LogP contribution is 2.27. The molecule has 0 radical (unpaired) electrons. The van der Waals surface area contributed by atoms with Crippen molar-refractivity contribution in [2.45, 2.75) is 26.8 Å². The van der Waals surface area contributed by atoms with Gasteiger partial charge in [-0.1, -0.05) is 26.0 Å². The lowest BCUT2D eigenvalue weighted by atomic mass is 10.1. The normalized spacial score (nSPS) is 17.9. The predicted molar refractivity (Wildman–Crippen MR) is 77.4 cm³/mol. The minimum Gasteiger partial charge on any atom is -0.381 e. The zero-order valence-corrected chi connectivity index (χ0v) is 11.6. The topological polar surface area (TPSA) is 24.5 Å². The summed E-state index contributed by atoms with van der Waals surface area (Å²) in [6, 6.07) is 9.05. The van der Waals surface area contributed by atoms with Crippen molar-refractivity contribution in [1.29, 1.82) is 0 Å². The first-order chi connectivity index (χ1) is 8.68. The summed E-state index contributed by atoms with van der Waals surface area (Å²) < 4.78 is 5.42. The first kappa shape index (κ1) is 13.2. The van der Waals surface area contributed by atoms with Gasteiger partial charge in [0.1, 0.15) is 0 Å². The number of rotatable bonds is 4. The molecule has 0 spiro atoms. The fourth-order valence-electron chi connectivity index (χ4n) is 2.09. The zero-order chi connectivity index (χ0) is 13.0. The molecule has 18 heavy (non-hydrogen) atoms. The molecule has 3 nitrogen and oxygen atoms in total. The molecule has 0 aliphatic carbocycles. The van der Waals surface area contributed by atoms with Gasteiger partial charge in [-0.2, -0.15) is 0 Å². The molecule has 1 heterocycles. The maximum absolute atomic E-state index is 5.42. The molecule has 1 N–H and O–H groups in total. The third-order valence-corrected chi connectivity index (χ3v) is 3.64. The summed E-state index contributed by atoms with van der Waals surface area (Å²) in [5.74, 6) is 0.628. The predicted octanol–water partition coefficient (Wildman–Crippen LogP) is 2.98. The summed E-state index contributed by atoms with van der Waals surface area (Å²) in [6.07, 6.45) is 0. The molecule has 0 amide bonds. The average molecular weight is 248 g/mol. The fraction of sp³-hybridized carbons (Fsp3) is 0.600. The number of para-hydroxylation sites is 2. The Balaban J connectivity index is 2.14. The van der Waals surface area contributed by atoms with Crippen LogP contribution in [0.1, 0.15) is 20.8 Å². The van der Waals surface area contributed by atoms with Crippen LogP contribution in [0.15, 0.2) is 24.3 Å². The maximum Gasteiger partial charge on any atom is 0.0642 e. The zero-order valence-electron chi connectivity index (χ0n) is 11.6. The Morgan fingerprint density at radius 1 is 1.11 bits per heavy atom. The van der Waals surface area contributed by atoms with E-state index in [0.29, 0.717) is 12.0 Å². The molecule has 1 aromatic carbocycles. The largest absolute Gasteiger partial charge is 0.381 e. The minimum absolute atomic E-state index is 0.479. The molecule has 1 unspecified atom stereocenters. The molecule has 2 rings (SSSR count). The van der Waals surface area contributed by atoms with Crippen LogP contribution >= 0.6 is 0 Å². The summed E-state index contributed by atoms with van der Waals surface area (Å²) in [4.78, 5) is 2.40. The van der Waals surface area contributed by atoms with Gasteiger partial charge in [-0.05, 0) is 25.0 Å². The smallest absolute Gasteiger partial charge is 0.0642 e. The molecular formula is C15H24N2O. The van der Waals surface area contributed by atoms with E-state index in [0.717, 1.165) is 26.3 Å². The van der Waals surface area contributed by atoms with E-state index in [2.05, 4.69) is 55.3 Å². The van der Waals surface area contributed by atoms with Crippen LogP contribution in [-0.2, 0) is 4.74 Å². The first-order valence-electron chi connectivity index (χ1n) is 6.86. The van der Waals surface area contributed by atoms with Crippen molar-refractivity contribution in [3.63, 3.8) is 0 Å². The van der Waals surface area contributed by atoms with Gasteiger partial charge in [-0.25, -0.2) is 0 Å². The molecule has 0 aromatic heterocycles. The number of morpholine rings is 1. The molecule has 0 bridgehead atoms. The van der Waals surface area contributed by atoms with Crippen LogP contribution in [0, 0.1) is 5.92 Å². The molecule has 3 heteroatoms. The van der Waals surface area contributed by atoms with Crippen molar-refractivity contribution in [2.24, 2.45) is 5.92 Å². The van der Waals surface area contributed by atoms with Crippen molar-refractivity contribution in [3.05, 3.63) is 24.3 Å². The summed E-state index contributed by atoms with van der Waals surface area (Å²) in [5, 5.41) is 3.62. The monoisotopic (exact) mass is 248 g/mol. The number of nitrogens with one attached hydrogen (secondary N) is 1. The molecule has 1 fully saturated rings. The molecule has 1 aliphatic rings. The Labute approximate surface area is 110 Å². The van der Waals surface area contributed by atoms with Gasteiger partial charge in [0.2, 0.25) is 0 Å². The lowest BCUT2D eigenvalue weighted by molar-refractivity contribution is 0.123. The highest BCUT2D eigenvalue weighted by molar-refractivity contribution is 5.70. The van der Waals surface area contributed by atoms with Gasteiger partial charge < -0.3 is 15.0 Å². The van der Waals surface area contributed by atoms with E-state index in [1.165, 1.54) is 11.4 Å². The molecule has 1 aliphatic heterocycles. The van der Waals surface area contributed by atoms with Crippen molar-refractivity contribution >= 4 is 11.4 Å². The summed E-state index contributed by atoms with van der Waals surface area (Å²) in [6.45, 7) is 10.3. The first-order valence-corrected chi connectivity index (χ1v) is 6.86. The van der Waals surface area contributed by atoms with Crippen molar-refractivity contribution in [2.75, 3.05) is 36.5 Å². The van der Waals surface area contributed by atoms with Crippen LogP contribution in [0.5, 0.6) is 0 Å². The van der Waals surface area contributed by atoms with E-state index in [-0.39, 0.29) is 0 Å². The quantitative estimate of drug-likeness (QED) is 0.886. The van der Waals surface area contributed by atoms with Crippen molar-refractivity contribution in [1.82, 2.24) is 0 Å². The van der Waals surface area contributed by atoms with Crippen LogP contribution in [0.4, 0.5) is 11.4 Å². The van der Waals surface area contributed by atoms with Gasteiger partial charge in [-0.15, -0.1) is 0 Å². The van der Waals surface area contributed by atoms with Gasteiger partial charge in [0, 0.05) is 19.1 Å². The van der Waals surface area contributed by atoms with E-state index in [1.807, 2.05) is 0 Å². The van der Waals surface area contributed by atoms with Gasteiger partial charge in [0.05, 0.1) is 24.6 Å². The van der Waals surface area contributed by atoms with Crippen LogP contribution in [0.25, 0.3) is 0 Å². The number of nitrogens with zero attached hydrogens (tertiary/aromatic N) is 1.